The van der Waals surface area contributed by atoms with Gasteiger partial charge < -0.3 is 35.8 Å². The molecule has 2 saturated heterocycles. The molecule has 4 amide bonds. The maximum Gasteiger partial charge on any atom is 0.263 e. The molecule has 6 aromatic rings. The lowest BCUT2D eigenvalue weighted by Gasteiger charge is -2.36. The number of piperazine rings is 1. The summed E-state index contributed by atoms with van der Waals surface area (Å²) in [4.78, 5) is 105. The largest absolute Gasteiger partial charge is 0.391 e. The second kappa shape index (κ2) is 21.6. The lowest BCUT2D eigenvalue weighted by atomic mass is 9.85. The molecule has 1 aliphatic carbocycles. The first kappa shape index (κ1) is 51.4. The molecular formula is C52H62N14O7S. The lowest BCUT2D eigenvalue weighted by Crippen LogP contribution is -2.58. The summed E-state index contributed by atoms with van der Waals surface area (Å²) in [6.45, 7) is 12.6. The number of likely N-dealkylation sites (tertiary alicyclic amines) is 1. The van der Waals surface area contributed by atoms with Crippen LogP contribution in [0.1, 0.15) is 98.7 Å². The number of aromatic nitrogens is 8. The van der Waals surface area contributed by atoms with Crippen molar-refractivity contribution in [3.05, 3.63) is 98.9 Å². The molecule has 3 atom stereocenters. The molecule has 0 radical (unpaired) electrons. The first-order valence-electron chi connectivity index (χ1n) is 25.0. The van der Waals surface area contributed by atoms with Gasteiger partial charge in [-0.15, -0.1) is 16.4 Å². The minimum Gasteiger partial charge on any atom is -0.391 e. The van der Waals surface area contributed by atoms with Crippen LogP contribution in [0.2, 0.25) is 0 Å². The molecule has 4 N–H and O–H groups in total. The first-order chi connectivity index (χ1) is 35.4. The Morgan fingerprint density at radius 1 is 0.932 bits per heavy atom. The average molecular weight is 1030 g/mol. The predicted molar refractivity (Wildman–Crippen MR) is 278 cm³/mol. The van der Waals surface area contributed by atoms with Crippen molar-refractivity contribution in [2.24, 2.45) is 5.41 Å². The highest BCUT2D eigenvalue weighted by molar-refractivity contribution is 7.13. The van der Waals surface area contributed by atoms with Crippen LogP contribution >= 0.6 is 11.3 Å². The highest BCUT2D eigenvalue weighted by atomic mass is 32.1. The summed E-state index contributed by atoms with van der Waals surface area (Å²) in [6.07, 6.45) is 7.78. The molecule has 3 aliphatic rings. The number of nitrogens with zero attached hydrogens (tertiary/aromatic N) is 11. The van der Waals surface area contributed by atoms with Crippen LogP contribution in [0.4, 0.5) is 17.5 Å². The highest BCUT2D eigenvalue weighted by Crippen LogP contribution is 2.33. The molecule has 5 aromatic heterocycles. The van der Waals surface area contributed by atoms with E-state index in [0.29, 0.717) is 54.3 Å². The van der Waals surface area contributed by atoms with E-state index in [9.17, 15) is 33.9 Å². The zero-order valence-corrected chi connectivity index (χ0v) is 43.3. The van der Waals surface area contributed by atoms with Crippen molar-refractivity contribution in [2.45, 2.75) is 117 Å². The van der Waals surface area contributed by atoms with Crippen LogP contribution in [-0.2, 0) is 38.7 Å². The predicted octanol–water partition coefficient (Wildman–Crippen LogP) is 4.28. The number of aliphatic hydroxyl groups is 1. The Kier molecular flexibility index (Phi) is 15.0. The number of benzene rings is 1. The van der Waals surface area contributed by atoms with E-state index in [1.54, 1.807) is 45.6 Å². The minimum absolute atomic E-state index is 0.0175. The molecule has 0 unspecified atom stereocenters. The number of aliphatic hydroxyl groups excluding tert-OH is 1. The van der Waals surface area contributed by atoms with Gasteiger partial charge >= 0.3 is 0 Å². The van der Waals surface area contributed by atoms with Crippen molar-refractivity contribution in [2.75, 3.05) is 42.9 Å². The molecule has 7 heterocycles. The number of β-amino-alcohol motifs (C(OH)–C–C–N with tert-alkyl or cyclic N) is 1. The molecule has 0 spiro atoms. The van der Waals surface area contributed by atoms with Crippen molar-refractivity contribution in [3.63, 3.8) is 0 Å². The van der Waals surface area contributed by atoms with Gasteiger partial charge in [0.25, 0.3) is 5.56 Å². The van der Waals surface area contributed by atoms with Crippen molar-refractivity contribution in [3.8, 4) is 10.4 Å². The maximum atomic E-state index is 14.2. The van der Waals surface area contributed by atoms with E-state index >= 15 is 0 Å². The molecule has 21 nitrogen and oxygen atoms in total. The van der Waals surface area contributed by atoms with Crippen LogP contribution in [-0.4, -0.2) is 135 Å². The molecule has 388 valence electrons. The van der Waals surface area contributed by atoms with Gasteiger partial charge in [-0.05, 0) is 67.9 Å². The quantitative estimate of drug-likeness (QED) is 0.105. The third-order valence-corrected chi connectivity index (χ3v) is 15.1. The van der Waals surface area contributed by atoms with E-state index < -0.39 is 41.3 Å². The van der Waals surface area contributed by atoms with E-state index in [1.807, 2.05) is 64.1 Å². The van der Waals surface area contributed by atoms with Gasteiger partial charge in [0, 0.05) is 69.5 Å². The van der Waals surface area contributed by atoms with E-state index in [0.717, 1.165) is 53.1 Å². The Morgan fingerprint density at radius 3 is 2.34 bits per heavy atom. The molecule has 22 heteroatoms. The van der Waals surface area contributed by atoms with Crippen LogP contribution in [0.5, 0.6) is 0 Å². The van der Waals surface area contributed by atoms with Crippen molar-refractivity contribution in [1.82, 2.24) is 59.9 Å². The summed E-state index contributed by atoms with van der Waals surface area (Å²) in [5.41, 5.74) is 6.11. The fourth-order valence-corrected chi connectivity index (χ4v) is 11.0. The fraction of sp³-hybridized carbons (Fsp3) is 0.462. The lowest BCUT2D eigenvalue weighted by molar-refractivity contribution is -0.144. The molecule has 1 aromatic carbocycles. The number of hydrogen-bond acceptors (Lipinski definition) is 16. The number of anilines is 3. The number of Topliss-reactive ketones (excluding diaryl/α,β-unsaturated/α-hetero) is 1. The third-order valence-electron chi connectivity index (χ3n) is 14.2. The highest BCUT2D eigenvalue weighted by Gasteiger charge is 2.44. The molecular weight excluding hydrogens is 965 g/mol. The molecule has 1 saturated carbocycles. The van der Waals surface area contributed by atoms with Gasteiger partial charge in [-0.25, -0.2) is 19.6 Å². The number of aryl methyl sites for hydroxylation is 2. The Morgan fingerprint density at radius 2 is 1.68 bits per heavy atom. The Hall–Kier alpha value is -7.46. The molecule has 2 aliphatic heterocycles. The number of nitrogens with one attached hydrogen (secondary N) is 3. The van der Waals surface area contributed by atoms with E-state index in [4.69, 9.17) is 4.98 Å². The maximum absolute atomic E-state index is 14.2. The summed E-state index contributed by atoms with van der Waals surface area (Å²) >= 11 is 1.56. The van der Waals surface area contributed by atoms with Gasteiger partial charge in [0.15, 0.2) is 5.78 Å². The summed E-state index contributed by atoms with van der Waals surface area (Å²) in [6, 6.07) is 9.59. The Bertz CT molecular complexity index is 3130. The topological polar surface area (TPSA) is 256 Å². The van der Waals surface area contributed by atoms with Gasteiger partial charge in [-0.1, -0.05) is 63.1 Å². The van der Waals surface area contributed by atoms with Crippen LogP contribution < -0.4 is 26.4 Å². The van der Waals surface area contributed by atoms with E-state index in [-0.39, 0.29) is 67.3 Å². The number of fused-ring (bicyclic) bond motifs is 1. The zero-order valence-electron chi connectivity index (χ0n) is 42.5. The molecule has 9 rings (SSSR count). The summed E-state index contributed by atoms with van der Waals surface area (Å²) in [7, 11) is 0. The monoisotopic (exact) mass is 1030 g/mol. The SMILES string of the molecule is CC(=O)c1c(C)c2cnc(Nc3ccc(N4CCN(C(=O)Cc5cn(CC(=O)N[C@H](C(=O)N6C[C@H](O)C[C@H]6C(=O)NCc6ccc(-c7scnc7C)cc6)C(C)(C)C)nn5)CC4)cn3)nc2n(C2CCCC2)c1=O. The number of pyridine rings is 2. The smallest absolute Gasteiger partial charge is 0.263 e. The van der Waals surface area contributed by atoms with Gasteiger partial charge in [0.1, 0.15) is 30.1 Å². The normalized spacial score (nSPS) is 17.7. The number of carbonyl (C=O) groups is 5. The van der Waals surface area contributed by atoms with Gasteiger partial charge in [-0.3, -0.25) is 33.3 Å². The van der Waals surface area contributed by atoms with Gasteiger partial charge in [-0.2, -0.15) is 4.98 Å². The average Bonchev–Trinajstić information content (AvgIpc) is 4.23. The molecule has 74 heavy (non-hydrogen) atoms. The summed E-state index contributed by atoms with van der Waals surface area (Å²) in [5.74, 6) is -1.01. The summed E-state index contributed by atoms with van der Waals surface area (Å²) in [5, 5.41) is 28.5. The second-order valence-electron chi connectivity index (χ2n) is 20.5. The second-order valence-corrected chi connectivity index (χ2v) is 21.4. The Labute approximate surface area is 431 Å². The third kappa shape index (κ3) is 11.2. The number of rotatable bonds is 15. The minimum atomic E-state index is -1.03. The van der Waals surface area contributed by atoms with Crippen LogP contribution in [0.3, 0.4) is 0 Å². The van der Waals surface area contributed by atoms with Crippen LogP contribution in [0.25, 0.3) is 21.5 Å². The van der Waals surface area contributed by atoms with Crippen molar-refractivity contribution < 1.29 is 29.1 Å². The number of amides is 4. The zero-order chi connectivity index (χ0) is 52.4. The number of carbonyl (C=O) groups excluding carboxylic acids is 5. The van der Waals surface area contributed by atoms with E-state index in [1.165, 1.54) is 22.7 Å². The first-order valence-corrected chi connectivity index (χ1v) is 25.9. The fourth-order valence-electron chi connectivity index (χ4n) is 10.2. The van der Waals surface area contributed by atoms with Gasteiger partial charge in [0.05, 0.1) is 51.7 Å². The molecule has 3 fully saturated rings. The standard InChI is InChI=1S/C52H62N14O7S/c1-30-39-25-55-51(59-47(39)66(36-9-7-8-10-36)49(72)44(30)32(3)67)57-41-16-15-37(24-53-41)62-17-19-63(20-18-62)43(70)21-35-26-64(61-60-35)28-42(69)58-46(52(4,5)6)50(73)65-27-38(68)22-40(65)48(71)54-23-33-11-13-34(14-12-33)45-31(2)56-29-74-45/h11-16,24-26,29,36,38,40,46,68H,7-10,17-23,27-28H2,1-6H3,(H,54,71)(H,58,69)(H,53,55,57,59)/t38-,40+,46-/m1/s1. The van der Waals surface area contributed by atoms with Crippen LogP contribution in [0, 0.1) is 19.3 Å². The van der Waals surface area contributed by atoms with E-state index in [2.05, 4.69) is 46.1 Å². The van der Waals surface area contributed by atoms with Crippen molar-refractivity contribution >= 4 is 69.2 Å². The van der Waals surface area contributed by atoms with Crippen molar-refractivity contribution in [1.29, 1.82) is 0 Å². The number of hydrogen-bond donors (Lipinski definition) is 4. The molecule has 0 bridgehead atoms. The Balaban J connectivity index is 0.750. The van der Waals surface area contributed by atoms with Crippen LogP contribution in [0.15, 0.2) is 65.3 Å². The number of thiazole rings is 1. The van der Waals surface area contributed by atoms with Gasteiger partial charge in [0.2, 0.25) is 29.6 Å². The number of ketones is 1. The summed E-state index contributed by atoms with van der Waals surface area (Å²) < 4.78 is 3.00.